The van der Waals surface area contributed by atoms with Crippen LogP contribution >= 0.6 is 15.9 Å². The van der Waals surface area contributed by atoms with Gasteiger partial charge in [-0.3, -0.25) is 9.59 Å². The minimum atomic E-state index is -0.309. The van der Waals surface area contributed by atoms with E-state index in [0.29, 0.717) is 43.9 Å². The molecule has 1 fully saturated rings. The fraction of sp³-hybridized carbons (Fsp3) is 0.526. The number of ether oxygens (including phenoxy) is 2. The van der Waals surface area contributed by atoms with Crippen LogP contribution in [0.5, 0.6) is 5.75 Å². The molecule has 0 bridgehead atoms. The van der Waals surface area contributed by atoms with E-state index in [1.165, 1.54) is 7.11 Å². The van der Waals surface area contributed by atoms with Crippen LogP contribution in [-0.2, 0) is 9.53 Å². The van der Waals surface area contributed by atoms with Crippen LogP contribution in [0.25, 0.3) is 0 Å². The maximum Gasteiger partial charge on any atom is 0.409 e. The predicted molar refractivity (Wildman–Crippen MR) is 104 cm³/mol. The SMILES string of the molecule is CCOC(=O)N1CCC(NC(=O)CCC(=O)c2cc(Br)ccc2OC)CC1. The Balaban J connectivity index is 1.78. The van der Waals surface area contributed by atoms with Crippen LogP contribution in [0.1, 0.15) is 43.0 Å². The molecule has 0 aliphatic carbocycles. The summed E-state index contributed by atoms with van der Waals surface area (Å²) in [5, 5.41) is 2.95. The first-order valence-corrected chi connectivity index (χ1v) is 9.81. The number of piperidine rings is 1. The van der Waals surface area contributed by atoms with Crippen LogP contribution in [0.3, 0.4) is 0 Å². The topological polar surface area (TPSA) is 84.9 Å². The molecule has 1 saturated heterocycles. The monoisotopic (exact) mass is 440 g/mol. The van der Waals surface area contributed by atoms with E-state index in [1.807, 2.05) is 0 Å². The van der Waals surface area contributed by atoms with E-state index >= 15 is 0 Å². The Morgan fingerprint density at radius 3 is 2.56 bits per heavy atom. The second-order valence-corrected chi connectivity index (χ2v) is 7.21. The highest BCUT2D eigenvalue weighted by molar-refractivity contribution is 9.10. The van der Waals surface area contributed by atoms with Gasteiger partial charge in [-0.05, 0) is 38.0 Å². The lowest BCUT2D eigenvalue weighted by molar-refractivity contribution is -0.122. The highest BCUT2D eigenvalue weighted by Gasteiger charge is 2.24. The van der Waals surface area contributed by atoms with Gasteiger partial charge in [-0.25, -0.2) is 4.79 Å². The molecular formula is C19H25BrN2O5. The molecule has 1 heterocycles. The van der Waals surface area contributed by atoms with E-state index in [0.717, 1.165) is 4.47 Å². The first-order chi connectivity index (χ1) is 12.9. The number of Topliss-reactive ketones (excluding diaryl/α,β-unsaturated/α-hetero) is 1. The molecule has 7 nitrogen and oxygen atoms in total. The number of benzene rings is 1. The van der Waals surface area contributed by atoms with Crippen molar-refractivity contribution in [2.45, 2.75) is 38.6 Å². The summed E-state index contributed by atoms with van der Waals surface area (Å²) in [7, 11) is 1.51. The van der Waals surface area contributed by atoms with Crippen molar-refractivity contribution in [3.05, 3.63) is 28.2 Å². The third kappa shape index (κ3) is 6.23. The summed E-state index contributed by atoms with van der Waals surface area (Å²) in [5.41, 5.74) is 0.461. The molecule has 0 saturated carbocycles. The van der Waals surface area contributed by atoms with Gasteiger partial charge in [-0.15, -0.1) is 0 Å². The quantitative estimate of drug-likeness (QED) is 0.658. The zero-order valence-electron chi connectivity index (χ0n) is 15.6. The number of rotatable bonds is 7. The average Bonchev–Trinajstić information content (AvgIpc) is 2.66. The van der Waals surface area contributed by atoms with Gasteiger partial charge in [0.2, 0.25) is 5.91 Å². The molecule has 0 radical (unpaired) electrons. The molecular weight excluding hydrogens is 416 g/mol. The number of hydrogen-bond acceptors (Lipinski definition) is 5. The van der Waals surface area contributed by atoms with Crippen LogP contribution in [0, 0.1) is 0 Å². The molecule has 0 spiro atoms. The van der Waals surface area contributed by atoms with Gasteiger partial charge in [-0.2, -0.15) is 0 Å². The van der Waals surface area contributed by atoms with Crippen molar-refractivity contribution >= 4 is 33.7 Å². The second kappa shape index (κ2) is 10.3. The smallest absolute Gasteiger partial charge is 0.409 e. The molecule has 1 aliphatic heterocycles. The Bertz CT molecular complexity index is 687. The van der Waals surface area contributed by atoms with Gasteiger partial charge in [0.05, 0.1) is 19.3 Å². The highest BCUT2D eigenvalue weighted by Crippen LogP contribution is 2.24. The van der Waals surface area contributed by atoms with E-state index in [4.69, 9.17) is 9.47 Å². The summed E-state index contributed by atoms with van der Waals surface area (Å²) in [5.74, 6) is 0.197. The van der Waals surface area contributed by atoms with Gasteiger partial charge in [0.15, 0.2) is 5.78 Å². The molecule has 1 aliphatic rings. The molecule has 0 unspecified atom stereocenters. The Morgan fingerprint density at radius 1 is 1.22 bits per heavy atom. The second-order valence-electron chi connectivity index (χ2n) is 6.30. The molecule has 0 atom stereocenters. The molecule has 2 amide bonds. The summed E-state index contributed by atoms with van der Waals surface area (Å²) in [6.07, 6.45) is 1.28. The van der Waals surface area contributed by atoms with Crippen molar-refractivity contribution in [1.82, 2.24) is 10.2 Å². The standard InChI is InChI=1S/C19H25BrN2O5/c1-3-27-19(25)22-10-8-14(9-11-22)21-18(24)7-5-16(23)15-12-13(20)4-6-17(15)26-2/h4,6,12,14H,3,5,7-11H2,1-2H3,(H,21,24). The maximum atomic E-state index is 12.4. The molecule has 0 aromatic heterocycles. The third-order valence-corrected chi connectivity index (χ3v) is 4.92. The van der Waals surface area contributed by atoms with Crippen LogP contribution in [0.2, 0.25) is 0 Å². The highest BCUT2D eigenvalue weighted by atomic mass is 79.9. The molecule has 1 N–H and O–H groups in total. The number of amides is 2. The van der Waals surface area contributed by atoms with E-state index in [-0.39, 0.29) is 36.7 Å². The van der Waals surface area contributed by atoms with Crippen LogP contribution in [-0.4, -0.2) is 55.5 Å². The zero-order chi connectivity index (χ0) is 19.8. The van der Waals surface area contributed by atoms with Crippen molar-refractivity contribution in [2.75, 3.05) is 26.8 Å². The minimum Gasteiger partial charge on any atom is -0.496 e. The van der Waals surface area contributed by atoms with E-state index in [9.17, 15) is 14.4 Å². The fourth-order valence-electron chi connectivity index (χ4n) is 2.98. The van der Waals surface area contributed by atoms with Gasteiger partial charge < -0.3 is 19.7 Å². The molecule has 8 heteroatoms. The first kappa shape index (κ1) is 21.2. The van der Waals surface area contributed by atoms with Gasteiger partial charge in [0.25, 0.3) is 0 Å². The van der Waals surface area contributed by atoms with Crippen molar-refractivity contribution in [1.29, 1.82) is 0 Å². The van der Waals surface area contributed by atoms with E-state index in [1.54, 1.807) is 30.0 Å². The average molecular weight is 441 g/mol. The molecule has 1 aromatic carbocycles. The summed E-state index contributed by atoms with van der Waals surface area (Å²) in [6.45, 7) is 3.23. The van der Waals surface area contributed by atoms with E-state index in [2.05, 4.69) is 21.2 Å². The Hall–Kier alpha value is -2.09. The predicted octanol–water partition coefficient (Wildman–Crippen LogP) is 3.16. The van der Waals surface area contributed by atoms with E-state index < -0.39 is 0 Å². The number of likely N-dealkylation sites (tertiary alicyclic amines) is 1. The number of methoxy groups -OCH3 is 1. The van der Waals surface area contributed by atoms with Gasteiger partial charge >= 0.3 is 6.09 Å². The van der Waals surface area contributed by atoms with Gasteiger partial charge in [0, 0.05) is 36.4 Å². The molecule has 1 aromatic rings. The first-order valence-electron chi connectivity index (χ1n) is 9.02. The van der Waals surface area contributed by atoms with Crippen LogP contribution in [0.15, 0.2) is 22.7 Å². The molecule has 27 heavy (non-hydrogen) atoms. The Kier molecular flexibility index (Phi) is 8.09. The van der Waals surface area contributed by atoms with Crippen LogP contribution in [0.4, 0.5) is 4.79 Å². The van der Waals surface area contributed by atoms with Gasteiger partial charge in [-0.1, -0.05) is 15.9 Å². The van der Waals surface area contributed by atoms with Crippen molar-refractivity contribution < 1.29 is 23.9 Å². The maximum absolute atomic E-state index is 12.4. The number of carbonyl (C=O) groups excluding carboxylic acids is 3. The molecule has 148 valence electrons. The summed E-state index contributed by atoms with van der Waals surface area (Å²) < 4.78 is 11.0. The number of nitrogens with one attached hydrogen (secondary N) is 1. The molecule has 2 rings (SSSR count). The number of halogens is 1. The summed E-state index contributed by atoms with van der Waals surface area (Å²) in [4.78, 5) is 37.9. The lowest BCUT2D eigenvalue weighted by atomic mass is 10.0. The summed E-state index contributed by atoms with van der Waals surface area (Å²) in [6, 6.07) is 5.22. The zero-order valence-corrected chi connectivity index (χ0v) is 17.2. The number of nitrogens with zero attached hydrogens (tertiary/aromatic N) is 1. The number of hydrogen-bond donors (Lipinski definition) is 1. The third-order valence-electron chi connectivity index (χ3n) is 4.43. The van der Waals surface area contributed by atoms with Crippen molar-refractivity contribution in [3.8, 4) is 5.75 Å². The summed E-state index contributed by atoms with van der Waals surface area (Å²) >= 11 is 3.34. The fourth-order valence-corrected chi connectivity index (χ4v) is 3.34. The van der Waals surface area contributed by atoms with Crippen molar-refractivity contribution in [2.24, 2.45) is 0 Å². The Morgan fingerprint density at radius 2 is 1.93 bits per heavy atom. The largest absolute Gasteiger partial charge is 0.496 e. The minimum absolute atomic E-state index is 0.0127. The Labute approximate surface area is 167 Å². The normalized spacial score (nSPS) is 14.6. The number of carbonyl (C=O) groups is 3. The van der Waals surface area contributed by atoms with Crippen molar-refractivity contribution in [3.63, 3.8) is 0 Å². The lowest BCUT2D eigenvalue weighted by Crippen LogP contribution is -2.46. The van der Waals surface area contributed by atoms with Crippen LogP contribution < -0.4 is 10.1 Å². The lowest BCUT2D eigenvalue weighted by Gasteiger charge is -2.31. The van der Waals surface area contributed by atoms with Gasteiger partial charge in [0.1, 0.15) is 5.75 Å². The number of ketones is 1.